The number of anilines is 1. The molecule has 106 valence electrons. The molecule has 1 heterocycles. The van der Waals surface area contributed by atoms with E-state index in [9.17, 15) is 4.79 Å². The molecule has 1 amide bonds. The molecule has 6 nitrogen and oxygen atoms in total. The molecule has 0 spiro atoms. The van der Waals surface area contributed by atoms with E-state index in [1.54, 1.807) is 11.0 Å². The molecular weight excluding hydrogens is 254 g/mol. The summed E-state index contributed by atoms with van der Waals surface area (Å²) in [4.78, 5) is 15.8. The van der Waals surface area contributed by atoms with Crippen LogP contribution in [0.1, 0.15) is 20.3 Å². The summed E-state index contributed by atoms with van der Waals surface area (Å²) < 4.78 is 1.65. The highest BCUT2D eigenvalue weighted by atomic mass is 16.2. The Morgan fingerprint density at radius 1 is 1.35 bits per heavy atom. The summed E-state index contributed by atoms with van der Waals surface area (Å²) in [5.74, 6) is 0.234. The number of aromatic nitrogens is 3. The second-order valence-electron chi connectivity index (χ2n) is 5.11. The lowest BCUT2D eigenvalue weighted by atomic mass is 10.0. The molecule has 0 radical (unpaired) electrons. The molecular formula is C14H19N5O. The largest absolute Gasteiger partial charge is 0.325 e. The Morgan fingerprint density at radius 3 is 2.60 bits per heavy atom. The molecule has 0 saturated carbocycles. The molecule has 0 aliphatic rings. The Labute approximate surface area is 118 Å². The van der Waals surface area contributed by atoms with Crippen LogP contribution < -0.4 is 11.1 Å². The van der Waals surface area contributed by atoms with Crippen molar-refractivity contribution in [2.75, 3.05) is 5.32 Å². The van der Waals surface area contributed by atoms with E-state index in [2.05, 4.69) is 15.4 Å². The van der Waals surface area contributed by atoms with Crippen LogP contribution in [0.3, 0.4) is 0 Å². The lowest BCUT2D eigenvalue weighted by molar-refractivity contribution is -0.117. The molecule has 0 saturated heterocycles. The number of nitrogens with two attached hydrogens (primary N) is 1. The highest BCUT2D eigenvalue weighted by molar-refractivity contribution is 5.94. The van der Waals surface area contributed by atoms with Gasteiger partial charge in [0.25, 0.3) is 0 Å². The number of amides is 1. The van der Waals surface area contributed by atoms with Crippen molar-refractivity contribution in [1.29, 1.82) is 0 Å². The minimum atomic E-state index is -0.481. The molecule has 0 fully saturated rings. The van der Waals surface area contributed by atoms with E-state index in [0.29, 0.717) is 12.3 Å². The summed E-state index contributed by atoms with van der Waals surface area (Å²) in [5.41, 5.74) is 7.44. The average Bonchev–Trinajstić information content (AvgIpc) is 2.92. The number of rotatable bonds is 5. The monoisotopic (exact) mass is 273 g/mol. The minimum absolute atomic E-state index is 0.160. The molecule has 2 rings (SSSR count). The van der Waals surface area contributed by atoms with E-state index in [4.69, 9.17) is 5.73 Å². The quantitative estimate of drug-likeness (QED) is 0.866. The molecule has 20 heavy (non-hydrogen) atoms. The first-order chi connectivity index (χ1) is 9.56. The predicted octanol–water partition coefficient (Wildman–Crippen LogP) is 1.58. The van der Waals surface area contributed by atoms with Gasteiger partial charge in [0.2, 0.25) is 5.91 Å². The van der Waals surface area contributed by atoms with E-state index in [1.807, 2.05) is 38.1 Å². The number of carbonyl (C=O) groups is 1. The molecule has 0 aliphatic carbocycles. The molecule has 1 atom stereocenters. The van der Waals surface area contributed by atoms with E-state index in [0.717, 1.165) is 11.4 Å². The van der Waals surface area contributed by atoms with Gasteiger partial charge >= 0.3 is 0 Å². The van der Waals surface area contributed by atoms with Gasteiger partial charge in [0.1, 0.15) is 12.7 Å². The lowest BCUT2D eigenvalue weighted by Crippen LogP contribution is -2.36. The van der Waals surface area contributed by atoms with Gasteiger partial charge in [-0.2, -0.15) is 5.10 Å². The van der Waals surface area contributed by atoms with Gasteiger partial charge in [-0.1, -0.05) is 13.8 Å². The zero-order valence-corrected chi connectivity index (χ0v) is 11.7. The third-order valence-electron chi connectivity index (χ3n) is 2.88. The SMILES string of the molecule is CC(C)CC(N)C(=O)Nc1ccc(-n2cncn2)cc1. The number of benzene rings is 1. The summed E-state index contributed by atoms with van der Waals surface area (Å²) >= 11 is 0. The number of nitrogens with one attached hydrogen (secondary N) is 1. The lowest BCUT2D eigenvalue weighted by Gasteiger charge is -2.14. The van der Waals surface area contributed by atoms with Crippen molar-refractivity contribution in [3.05, 3.63) is 36.9 Å². The van der Waals surface area contributed by atoms with Crippen molar-refractivity contribution in [2.24, 2.45) is 11.7 Å². The van der Waals surface area contributed by atoms with Crippen molar-refractivity contribution in [2.45, 2.75) is 26.3 Å². The zero-order chi connectivity index (χ0) is 14.5. The first-order valence-corrected chi connectivity index (χ1v) is 6.58. The number of hydrogen-bond donors (Lipinski definition) is 2. The second kappa shape index (κ2) is 6.29. The summed E-state index contributed by atoms with van der Waals surface area (Å²) in [7, 11) is 0. The normalized spacial score (nSPS) is 12.4. The van der Waals surface area contributed by atoms with Crippen LogP contribution in [0.2, 0.25) is 0 Å². The maximum Gasteiger partial charge on any atom is 0.241 e. The Hall–Kier alpha value is -2.21. The maximum absolute atomic E-state index is 11.9. The third kappa shape index (κ3) is 3.64. The standard InChI is InChI=1S/C14H19N5O/c1-10(2)7-13(15)14(20)18-11-3-5-12(6-4-11)19-9-16-8-17-19/h3-6,8-10,13H,7,15H2,1-2H3,(H,18,20). The van der Waals surface area contributed by atoms with Crippen molar-refractivity contribution >= 4 is 11.6 Å². The zero-order valence-electron chi connectivity index (χ0n) is 11.7. The van der Waals surface area contributed by atoms with Gasteiger partial charge in [-0.15, -0.1) is 0 Å². The molecule has 2 aromatic rings. The third-order valence-corrected chi connectivity index (χ3v) is 2.88. The Morgan fingerprint density at radius 2 is 2.05 bits per heavy atom. The van der Waals surface area contributed by atoms with Crippen LogP contribution in [-0.2, 0) is 4.79 Å². The maximum atomic E-state index is 11.9. The highest BCUT2D eigenvalue weighted by Gasteiger charge is 2.14. The van der Waals surface area contributed by atoms with Crippen molar-refractivity contribution in [3.63, 3.8) is 0 Å². The van der Waals surface area contributed by atoms with Crippen LogP contribution >= 0.6 is 0 Å². The van der Waals surface area contributed by atoms with Gasteiger partial charge in [-0.25, -0.2) is 9.67 Å². The molecule has 0 bridgehead atoms. The minimum Gasteiger partial charge on any atom is -0.325 e. The van der Waals surface area contributed by atoms with Gasteiger partial charge in [0.05, 0.1) is 11.7 Å². The predicted molar refractivity (Wildman–Crippen MR) is 77.4 cm³/mol. The molecule has 1 aromatic carbocycles. The van der Waals surface area contributed by atoms with Gasteiger partial charge in [0, 0.05) is 5.69 Å². The van der Waals surface area contributed by atoms with E-state index < -0.39 is 6.04 Å². The molecule has 0 aliphatic heterocycles. The van der Waals surface area contributed by atoms with Crippen molar-refractivity contribution in [1.82, 2.24) is 14.8 Å². The molecule has 1 unspecified atom stereocenters. The Bertz CT molecular complexity index is 547. The average molecular weight is 273 g/mol. The van der Waals surface area contributed by atoms with Gasteiger partial charge in [-0.3, -0.25) is 4.79 Å². The summed E-state index contributed by atoms with van der Waals surface area (Å²) in [5, 5.41) is 6.85. The molecule has 6 heteroatoms. The van der Waals surface area contributed by atoms with Crippen LogP contribution in [-0.4, -0.2) is 26.7 Å². The number of nitrogens with zero attached hydrogens (tertiary/aromatic N) is 3. The smallest absolute Gasteiger partial charge is 0.241 e. The first-order valence-electron chi connectivity index (χ1n) is 6.58. The fraction of sp³-hybridized carbons (Fsp3) is 0.357. The fourth-order valence-corrected chi connectivity index (χ4v) is 1.89. The molecule has 1 aromatic heterocycles. The second-order valence-corrected chi connectivity index (χ2v) is 5.11. The topological polar surface area (TPSA) is 85.8 Å². The first kappa shape index (κ1) is 14.2. The van der Waals surface area contributed by atoms with Crippen LogP contribution in [0.4, 0.5) is 5.69 Å². The molecule has 3 N–H and O–H groups in total. The summed E-state index contributed by atoms with van der Waals surface area (Å²) in [6, 6.07) is 6.87. The highest BCUT2D eigenvalue weighted by Crippen LogP contribution is 2.13. The van der Waals surface area contributed by atoms with Crippen LogP contribution in [0.5, 0.6) is 0 Å². The Kier molecular flexibility index (Phi) is 4.47. The summed E-state index contributed by atoms with van der Waals surface area (Å²) in [6.07, 6.45) is 3.76. The van der Waals surface area contributed by atoms with Crippen LogP contribution in [0, 0.1) is 5.92 Å². The van der Waals surface area contributed by atoms with E-state index in [-0.39, 0.29) is 5.91 Å². The van der Waals surface area contributed by atoms with E-state index in [1.165, 1.54) is 6.33 Å². The van der Waals surface area contributed by atoms with E-state index >= 15 is 0 Å². The Balaban J connectivity index is 1.99. The van der Waals surface area contributed by atoms with Crippen LogP contribution in [0.15, 0.2) is 36.9 Å². The van der Waals surface area contributed by atoms with Gasteiger partial charge in [0.15, 0.2) is 0 Å². The number of carbonyl (C=O) groups excluding carboxylic acids is 1. The van der Waals surface area contributed by atoms with Gasteiger partial charge in [-0.05, 0) is 36.6 Å². The van der Waals surface area contributed by atoms with Gasteiger partial charge < -0.3 is 11.1 Å². The fourth-order valence-electron chi connectivity index (χ4n) is 1.89. The summed E-state index contributed by atoms with van der Waals surface area (Å²) in [6.45, 7) is 4.08. The van der Waals surface area contributed by atoms with Crippen LogP contribution in [0.25, 0.3) is 5.69 Å². The van der Waals surface area contributed by atoms with Crippen molar-refractivity contribution in [3.8, 4) is 5.69 Å². The number of hydrogen-bond acceptors (Lipinski definition) is 4. The van der Waals surface area contributed by atoms with Crippen molar-refractivity contribution < 1.29 is 4.79 Å².